The number of nitrogens with one attached hydrogen (secondary N) is 1. The highest BCUT2D eigenvalue weighted by Gasteiger charge is 2.53. The maximum absolute atomic E-state index is 12.9. The van der Waals surface area contributed by atoms with Gasteiger partial charge in [-0.05, 0) is 63.6 Å². The standard InChI is InChI=1S/C14H20BClFNO2/c1-13(2)14(3,4)20-15(19-13)12(18-16)9-10-5-7-11(17)8-6-10/h5-8,12,18H,9H2,1-4H3. The smallest absolute Gasteiger partial charge is 0.402 e. The van der Waals surface area contributed by atoms with E-state index in [4.69, 9.17) is 21.1 Å². The van der Waals surface area contributed by atoms with Crippen molar-refractivity contribution >= 4 is 18.9 Å². The Kier molecular flexibility index (Phi) is 4.45. The molecule has 0 bridgehead atoms. The van der Waals surface area contributed by atoms with Gasteiger partial charge in [0.1, 0.15) is 5.82 Å². The second-order valence-corrected chi connectivity index (χ2v) is 6.39. The summed E-state index contributed by atoms with van der Waals surface area (Å²) in [7, 11) is -0.442. The molecule has 0 radical (unpaired) electrons. The fourth-order valence-corrected chi connectivity index (χ4v) is 2.29. The lowest BCUT2D eigenvalue weighted by Gasteiger charge is -2.32. The summed E-state index contributed by atoms with van der Waals surface area (Å²) in [6.07, 6.45) is 0.598. The van der Waals surface area contributed by atoms with Gasteiger partial charge in [0.25, 0.3) is 0 Å². The lowest BCUT2D eigenvalue weighted by atomic mass is 9.75. The number of benzene rings is 1. The van der Waals surface area contributed by atoms with Gasteiger partial charge in [-0.3, -0.25) is 0 Å². The van der Waals surface area contributed by atoms with Crippen molar-refractivity contribution < 1.29 is 13.7 Å². The van der Waals surface area contributed by atoms with Gasteiger partial charge < -0.3 is 9.31 Å². The molecule has 0 amide bonds. The topological polar surface area (TPSA) is 30.5 Å². The van der Waals surface area contributed by atoms with Crippen LogP contribution in [0.25, 0.3) is 0 Å². The Morgan fingerprint density at radius 2 is 1.65 bits per heavy atom. The number of hydrogen-bond donors (Lipinski definition) is 1. The van der Waals surface area contributed by atoms with Crippen molar-refractivity contribution in [2.24, 2.45) is 0 Å². The first-order chi connectivity index (χ1) is 9.25. The molecule has 1 unspecified atom stereocenters. The summed E-state index contributed by atoms with van der Waals surface area (Å²) in [4.78, 5) is 2.71. The molecule has 0 aliphatic carbocycles. The maximum Gasteiger partial charge on any atom is 0.477 e. The molecule has 0 spiro atoms. The first-order valence-corrected chi connectivity index (χ1v) is 7.09. The van der Waals surface area contributed by atoms with E-state index in [1.807, 2.05) is 27.7 Å². The summed E-state index contributed by atoms with van der Waals surface area (Å²) in [5.41, 5.74) is 0.179. The van der Waals surface area contributed by atoms with Crippen LogP contribution in [0.2, 0.25) is 0 Å². The summed E-state index contributed by atoms with van der Waals surface area (Å²) < 4.78 is 24.9. The van der Waals surface area contributed by atoms with E-state index in [9.17, 15) is 4.39 Å². The molecule has 1 aromatic carbocycles. The number of rotatable bonds is 4. The van der Waals surface area contributed by atoms with E-state index >= 15 is 0 Å². The molecular weight excluding hydrogens is 279 g/mol. The molecular formula is C14H20BClFNO2. The van der Waals surface area contributed by atoms with Crippen LogP contribution in [-0.4, -0.2) is 24.3 Å². The molecule has 1 aromatic rings. The molecule has 1 aliphatic rings. The monoisotopic (exact) mass is 299 g/mol. The van der Waals surface area contributed by atoms with Crippen molar-refractivity contribution in [2.75, 3.05) is 0 Å². The van der Waals surface area contributed by atoms with Crippen molar-refractivity contribution in [1.82, 2.24) is 4.84 Å². The highest BCUT2D eigenvalue weighted by atomic mass is 35.5. The molecule has 20 heavy (non-hydrogen) atoms. The minimum absolute atomic E-state index is 0.205. The van der Waals surface area contributed by atoms with Gasteiger partial charge in [0.05, 0.1) is 17.1 Å². The fraction of sp³-hybridized carbons (Fsp3) is 0.571. The van der Waals surface area contributed by atoms with E-state index in [1.165, 1.54) is 12.1 Å². The van der Waals surface area contributed by atoms with E-state index < -0.39 is 18.3 Å². The Bertz CT molecular complexity index is 451. The van der Waals surface area contributed by atoms with Crippen molar-refractivity contribution in [3.8, 4) is 0 Å². The highest BCUT2D eigenvalue weighted by molar-refractivity contribution is 6.48. The zero-order valence-corrected chi connectivity index (χ0v) is 13.0. The average Bonchev–Trinajstić information content (AvgIpc) is 2.57. The lowest BCUT2D eigenvalue weighted by Crippen LogP contribution is -2.43. The Hall–Kier alpha value is -0.615. The molecule has 3 nitrogen and oxygen atoms in total. The normalized spacial score (nSPS) is 22.0. The van der Waals surface area contributed by atoms with Crippen LogP contribution >= 0.6 is 11.8 Å². The van der Waals surface area contributed by atoms with Crippen LogP contribution in [0.3, 0.4) is 0 Å². The van der Waals surface area contributed by atoms with Crippen LogP contribution in [0.1, 0.15) is 33.3 Å². The Morgan fingerprint density at radius 3 is 2.10 bits per heavy atom. The fourth-order valence-electron chi connectivity index (χ4n) is 2.11. The number of hydrogen-bond acceptors (Lipinski definition) is 3. The van der Waals surface area contributed by atoms with Crippen LogP contribution in [0.4, 0.5) is 4.39 Å². The second-order valence-electron chi connectivity index (χ2n) is 6.17. The molecule has 1 fully saturated rings. The van der Waals surface area contributed by atoms with Crippen LogP contribution in [0.15, 0.2) is 24.3 Å². The SMILES string of the molecule is CC1(C)OB(C(Cc2ccc(F)cc2)NCl)OC1(C)C. The van der Waals surface area contributed by atoms with E-state index in [0.717, 1.165) is 5.56 Å². The molecule has 6 heteroatoms. The highest BCUT2D eigenvalue weighted by Crippen LogP contribution is 2.37. The van der Waals surface area contributed by atoms with Crippen LogP contribution in [0.5, 0.6) is 0 Å². The van der Waals surface area contributed by atoms with Crippen molar-refractivity contribution in [2.45, 2.75) is 51.3 Å². The van der Waals surface area contributed by atoms with Gasteiger partial charge in [-0.1, -0.05) is 12.1 Å². The Balaban J connectivity index is 2.08. The van der Waals surface area contributed by atoms with E-state index in [2.05, 4.69) is 4.84 Å². The minimum atomic E-state index is -0.442. The molecule has 0 aromatic heterocycles. The Labute approximate surface area is 125 Å². The molecule has 110 valence electrons. The molecule has 1 saturated heterocycles. The molecule has 1 atom stereocenters. The van der Waals surface area contributed by atoms with Gasteiger partial charge in [0.2, 0.25) is 0 Å². The summed E-state index contributed by atoms with van der Waals surface area (Å²) in [5, 5.41) is 0. The second kappa shape index (κ2) is 5.64. The maximum atomic E-state index is 12.9. The average molecular weight is 300 g/mol. The Morgan fingerprint density at radius 1 is 1.15 bits per heavy atom. The predicted molar refractivity (Wildman–Crippen MR) is 79.0 cm³/mol. The first-order valence-electron chi connectivity index (χ1n) is 6.71. The van der Waals surface area contributed by atoms with Gasteiger partial charge in [-0.25, -0.2) is 9.23 Å². The summed E-state index contributed by atoms with van der Waals surface area (Å²) in [5.74, 6) is -0.456. The van der Waals surface area contributed by atoms with Gasteiger partial charge >= 0.3 is 7.12 Å². The van der Waals surface area contributed by atoms with Gasteiger partial charge in [0.15, 0.2) is 0 Å². The molecule has 1 heterocycles. The van der Waals surface area contributed by atoms with Crippen molar-refractivity contribution in [3.63, 3.8) is 0 Å². The third-order valence-electron chi connectivity index (χ3n) is 4.11. The predicted octanol–water partition coefficient (Wildman–Crippen LogP) is 3.11. The largest absolute Gasteiger partial charge is 0.477 e. The first kappa shape index (κ1) is 15.8. The third-order valence-corrected chi connectivity index (χ3v) is 4.39. The van der Waals surface area contributed by atoms with E-state index in [1.54, 1.807) is 12.1 Å². The summed E-state index contributed by atoms with van der Waals surface area (Å²) in [6.45, 7) is 7.98. The number of halogens is 2. The zero-order chi connectivity index (χ0) is 15.0. The van der Waals surface area contributed by atoms with Crippen LogP contribution in [0, 0.1) is 5.82 Å². The quantitative estimate of drug-likeness (QED) is 0.684. The molecule has 1 aliphatic heterocycles. The van der Waals surface area contributed by atoms with Gasteiger partial charge in [0, 0.05) is 0 Å². The van der Waals surface area contributed by atoms with Crippen molar-refractivity contribution in [1.29, 1.82) is 0 Å². The van der Waals surface area contributed by atoms with E-state index in [0.29, 0.717) is 6.42 Å². The van der Waals surface area contributed by atoms with Crippen LogP contribution < -0.4 is 4.84 Å². The molecule has 1 N–H and O–H groups in total. The minimum Gasteiger partial charge on any atom is -0.402 e. The van der Waals surface area contributed by atoms with E-state index in [-0.39, 0.29) is 11.8 Å². The van der Waals surface area contributed by atoms with Gasteiger partial charge in [-0.15, -0.1) is 0 Å². The third kappa shape index (κ3) is 3.17. The summed E-state index contributed by atoms with van der Waals surface area (Å²) in [6, 6.07) is 6.35. The van der Waals surface area contributed by atoms with Crippen LogP contribution in [-0.2, 0) is 15.7 Å². The zero-order valence-electron chi connectivity index (χ0n) is 12.2. The van der Waals surface area contributed by atoms with Crippen molar-refractivity contribution in [3.05, 3.63) is 35.6 Å². The van der Waals surface area contributed by atoms with Gasteiger partial charge in [-0.2, -0.15) is 0 Å². The molecule has 0 saturated carbocycles. The molecule has 2 rings (SSSR count). The lowest BCUT2D eigenvalue weighted by molar-refractivity contribution is 0.00578. The summed E-state index contributed by atoms with van der Waals surface area (Å²) >= 11 is 5.83.